The predicted molar refractivity (Wildman–Crippen MR) is 85.3 cm³/mol. The fourth-order valence-electron chi connectivity index (χ4n) is 2.58. The summed E-state index contributed by atoms with van der Waals surface area (Å²) in [5.74, 6) is -2.51. The molecule has 0 spiro atoms. The van der Waals surface area contributed by atoms with Gasteiger partial charge in [-0.3, -0.25) is 9.36 Å². The van der Waals surface area contributed by atoms with E-state index < -0.39 is 40.4 Å². The van der Waals surface area contributed by atoms with Crippen molar-refractivity contribution >= 4 is 15.9 Å². The maximum atomic E-state index is 14.6. The van der Waals surface area contributed by atoms with Crippen LogP contribution in [0.15, 0.2) is 26.2 Å². The lowest BCUT2D eigenvalue weighted by atomic mass is 10.2. The van der Waals surface area contributed by atoms with Gasteiger partial charge < -0.3 is 9.47 Å². The van der Waals surface area contributed by atoms with Gasteiger partial charge in [-0.05, 0) is 22.0 Å². The standard InChI is InChI=1S/C15H11BrF4N2O4/c1-14(2)25-11-6(16)4-7(17)10(12(11)26-14)22-9(23)5-8(15(18,19)20)21(3)13(22)24/h4-5H,1-3H3. The van der Waals surface area contributed by atoms with Gasteiger partial charge >= 0.3 is 11.9 Å². The van der Waals surface area contributed by atoms with Gasteiger partial charge in [-0.2, -0.15) is 13.2 Å². The number of fused-ring (bicyclic) bond motifs is 1. The fourth-order valence-corrected chi connectivity index (χ4v) is 3.05. The summed E-state index contributed by atoms with van der Waals surface area (Å²) in [6, 6.07) is 1.15. The lowest BCUT2D eigenvalue weighted by Gasteiger charge is -2.17. The Morgan fingerprint density at radius 3 is 2.27 bits per heavy atom. The van der Waals surface area contributed by atoms with Gasteiger partial charge in [-0.1, -0.05) is 0 Å². The summed E-state index contributed by atoms with van der Waals surface area (Å²) < 4.78 is 65.1. The van der Waals surface area contributed by atoms with E-state index in [-0.39, 0.29) is 31.2 Å². The highest BCUT2D eigenvalue weighted by Gasteiger charge is 2.39. The Morgan fingerprint density at radius 2 is 1.69 bits per heavy atom. The van der Waals surface area contributed by atoms with Crippen molar-refractivity contribution in [3.05, 3.63) is 49.0 Å². The highest BCUT2D eigenvalue weighted by atomic mass is 79.9. The third-order valence-electron chi connectivity index (χ3n) is 3.65. The monoisotopic (exact) mass is 438 g/mol. The molecule has 0 unspecified atom stereocenters. The average Bonchev–Trinajstić information content (AvgIpc) is 2.81. The molecule has 1 aliphatic rings. The summed E-state index contributed by atoms with van der Waals surface area (Å²) >= 11 is 3.08. The summed E-state index contributed by atoms with van der Waals surface area (Å²) in [7, 11) is 0.833. The van der Waals surface area contributed by atoms with Crippen LogP contribution >= 0.6 is 15.9 Å². The van der Waals surface area contributed by atoms with Crippen LogP contribution in [0.25, 0.3) is 5.69 Å². The topological polar surface area (TPSA) is 62.5 Å². The molecular formula is C15H11BrF4N2O4. The third-order valence-corrected chi connectivity index (χ3v) is 4.24. The zero-order chi connectivity index (χ0) is 19.6. The quantitative estimate of drug-likeness (QED) is 0.642. The van der Waals surface area contributed by atoms with E-state index in [1.54, 1.807) is 0 Å². The molecule has 0 radical (unpaired) electrons. The van der Waals surface area contributed by atoms with Gasteiger partial charge in [0.1, 0.15) is 11.4 Å². The van der Waals surface area contributed by atoms with Gasteiger partial charge in [0.25, 0.3) is 5.56 Å². The predicted octanol–water partition coefficient (Wildman–Crippen LogP) is 2.96. The van der Waals surface area contributed by atoms with E-state index in [0.29, 0.717) is 0 Å². The van der Waals surface area contributed by atoms with E-state index in [0.717, 1.165) is 13.1 Å². The molecule has 0 bridgehead atoms. The Hall–Kier alpha value is -2.30. The maximum Gasteiger partial charge on any atom is 0.431 e. The fraction of sp³-hybridized carbons (Fsp3) is 0.333. The van der Waals surface area contributed by atoms with Crippen LogP contribution in [0.5, 0.6) is 11.5 Å². The first kappa shape index (κ1) is 18.5. The minimum atomic E-state index is -4.92. The van der Waals surface area contributed by atoms with Crippen molar-refractivity contribution in [2.75, 3.05) is 0 Å². The van der Waals surface area contributed by atoms with E-state index in [2.05, 4.69) is 15.9 Å². The van der Waals surface area contributed by atoms with Gasteiger partial charge in [-0.25, -0.2) is 13.8 Å². The molecule has 26 heavy (non-hydrogen) atoms. The SMILES string of the molecule is Cn1c(C(F)(F)F)cc(=O)n(-c2c(F)cc(Br)c3c2OC(C)(C)O3)c1=O. The molecule has 0 fully saturated rings. The van der Waals surface area contributed by atoms with Crippen molar-refractivity contribution in [2.45, 2.75) is 25.8 Å². The van der Waals surface area contributed by atoms with Gasteiger partial charge in [0, 0.05) is 27.0 Å². The molecule has 1 aromatic heterocycles. The van der Waals surface area contributed by atoms with Crippen molar-refractivity contribution in [2.24, 2.45) is 7.05 Å². The van der Waals surface area contributed by atoms with E-state index in [1.165, 1.54) is 13.8 Å². The number of ether oxygens (including phenoxy) is 2. The summed E-state index contributed by atoms with van der Waals surface area (Å²) in [6.45, 7) is 3.02. The first-order valence-electron chi connectivity index (χ1n) is 7.14. The largest absolute Gasteiger partial charge is 0.448 e. The molecule has 2 heterocycles. The summed E-state index contributed by atoms with van der Waals surface area (Å²) in [4.78, 5) is 24.6. The van der Waals surface area contributed by atoms with Gasteiger partial charge in [0.2, 0.25) is 5.79 Å². The van der Waals surface area contributed by atoms with Crippen LogP contribution in [0.3, 0.4) is 0 Å². The number of rotatable bonds is 1. The summed E-state index contributed by atoms with van der Waals surface area (Å²) in [5, 5.41) is 0. The maximum absolute atomic E-state index is 14.6. The number of hydrogen-bond acceptors (Lipinski definition) is 4. The van der Waals surface area contributed by atoms with Gasteiger partial charge in [0.15, 0.2) is 17.3 Å². The Bertz CT molecular complexity index is 1040. The molecule has 3 rings (SSSR count). The Labute approximate surface area is 151 Å². The molecule has 0 N–H and O–H groups in total. The van der Waals surface area contributed by atoms with Crippen molar-refractivity contribution in [1.82, 2.24) is 9.13 Å². The molecule has 0 atom stereocenters. The molecule has 0 amide bonds. The number of benzene rings is 1. The highest BCUT2D eigenvalue weighted by Crippen LogP contribution is 2.48. The normalized spacial score (nSPS) is 15.4. The second-order valence-electron chi connectivity index (χ2n) is 5.99. The third kappa shape index (κ3) is 2.79. The Kier molecular flexibility index (Phi) is 3.98. The van der Waals surface area contributed by atoms with E-state index in [4.69, 9.17) is 9.47 Å². The second kappa shape index (κ2) is 5.60. The molecule has 0 saturated heterocycles. The smallest absolute Gasteiger partial charge is 0.431 e. The van der Waals surface area contributed by atoms with Crippen LogP contribution in [0.2, 0.25) is 0 Å². The number of nitrogens with zero attached hydrogens (tertiary/aromatic N) is 2. The molecule has 0 saturated carbocycles. The highest BCUT2D eigenvalue weighted by molar-refractivity contribution is 9.10. The lowest BCUT2D eigenvalue weighted by Crippen LogP contribution is -2.41. The molecular weight excluding hydrogens is 428 g/mol. The number of halogens is 5. The zero-order valence-electron chi connectivity index (χ0n) is 13.6. The van der Waals surface area contributed by atoms with E-state index >= 15 is 0 Å². The summed E-state index contributed by atoms with van der Waals surface area (Å²) in [5.41, 5.74) is -4.79. The average molecular weight is 439 g/mol. The number of alkyl halides is 3. The second-order valence-corrected chi connectivity index (χ2v) is 6.85. The van der Waals surface area contributed by atoms with Crippen LogP contribution < -0.4 is 20.7 Å². The van der Waals surface area contributed by atoms with Crippen molar-refractivity contribution in [3.8, 4) is 17.2 Å². The van der Waals surface area contributed by atoms with Crippen LogP contribution in [-0.2, 0) is 13.2 Å². The lowest BCUT2D eigenvalue weighted by molar-refractivity contribution is -0.144. The Morgan fingerprint density at radius 1 is 1.12 bits per heavy atom. The molecule has 1 aromatic carbocycles. The van der Waals surface area contributed by atoms with Crippen molar-refractivity contribution in [3.63, 3.8) is 0 Å². The van der Waals surface area contributed by atoms with E-state index in [1.807, 2.05) is 0 Å². The van der Waals surface area contributed by atoms with Crippen LogP contribution in [0.1, 0.15) is 19.5 Å². The minimum absolute atomic E-state index is 0.0280. The van der Waals surface area contributed by atoms with E-state index in [9.17, 15) is 27.2 Å². The van der Waals surface area contributed by atoms with Crippen LogP contribution in [0, 0.1) is 5.82 Å². The first-order valence-corrected chi connectivity index (χ1v) is 7.93. The van der Waals surface area contributed by atoms with Gasteiger partial charge in [-0.15, -0.1) is 0 Å². The van der Waals surface area contributed by atoms with Crippen LogP contribution in [0.4, 0.5) is 17.6 Å². The zero-order valence-corrected chi connectivity index (χ0v) is 15.2. The molecule has 1 aliphatic heterocycles. The van der Waals surface area contributed by atoms with Crippen molar-refractivity contribution in [1.29, 1.82) is 0 Å². The number of aromatic nitrogens is 2. The number of hydrogen-bond donors (Lipinski definition) is 0. The first-order chi connectivity index (χ1) is 11.8. The molecule has 0 aliphatic carbocycles. The van der Waals surface area contributed by atoms with Crippen LogP contribution in [-0.4, -0.2) is 14.9 Å². The molecule has 11 heteroatoms. The van der Waals surface area contributed by atoms with Gasteiger partial charge in [0.05, 0.1) is 4.47 Å². The molecule has 6 nitrogen and oxygen atoms in total. The Balaban J connectivity index is 2.38. The minimum Gasteiger partial charge on any atom is -0.448 e. The molecule has 140 valence electrons. The molecule has 2 aromatic rings. The summed E-state index contributed by atoms with van der Waals surface area (Å²) in [6.07, 6.45) is -4.92. The van der Waals surface area contributed by atoms with Crippen molar-refractivity contribution < 1.29 is 27.0 Å².